The third-order valence-corrected chi connectivity index (χ3v) is 10.3. The van der Waals surface area contributed by atoms with Crippen molar-refractivity contribution in [2.75, 3.05) is 0 Å². The van der Waals surface area contributed by atoms with Crippen LogP contribution in [0.25, 0.3) is 71.6 Å². The molecule has 0 saturated heterocycles. The number of nitrogens with zero attached hydrogens (tertiary/aromatic N) is 1. The lowest BCUT2D eigenvalue weighted by atomic mass is 9.83. The summed E-state index contributed by atoms with van der Waals surface area (Å²) in [6.45, 7) is 0. The van der Waals surface area contributed by atoms with Crippen LogP contribution in [0.1, 0.15) is 22.6 Å². The Morgan fingerprint density at radius 2 is 1.02 bits per heavy atom. The molecule has 1 aliphatic rings. The second kappa shape index (κ2) is 10.7. The molecule has 0 spiro atoms. The van der Waals surface area contributed by atoms with E-state index in [0.717, 1.165) is 0 Å². The standard InChI is InChI=1S/C47H31N/c1-2-13-33(14-3-1)37-16-6-8-19-40(37)45-41-20-9-7-17-38(41)42-28-29-43-39-18-10-11-21-44(39)48(47(43)46(42)45)36-26-24-32(25-27-36)35-23-22-31-12-4-5-15-34(31)30-35/h1-30,45H. The molecule has 10 rings (SSSR count). The fourth-order valence-electron chi connectivity index (χ4n) is 8.15. The molecular formula is C47H31N. The Kier molecular flexibility index (Phi) is 6.01. The quantitative estimate of drug-likeness (QED) is 0.187. The van der Waals surface area contributed by atoms with Gasteiger partial charge in [-0.3, -0.25) is 0 Å². The van der Waals surface area contributed by atoms with Crippen LogP contribution in [0.3, 0.4) is 0 Å². The number of rotatable bonds is 4. The Morgan fingerprint density at radius 1 is 0.375 bits per heavy atom. The molecule has 0 fully saturated rings. The lowest BCUT2D eigenvalue weighted by Gasteiger charge is -2.21. The number of aromatic nitrogens is 1. The third-order valence-electron chi connectivity index (χ3n) is 10.3. The van der Waals surface area contributed by atoms with Gasteiger partial charge in [0.15, 0.2) is 0 Å². The summed E-state index contributed by atoms with van der Waals surface area (Å²) in [4.78, 5) is 0. The van der Waals surface area contributed by atoms with Crippen molar-refractivity contribution < 1.29 is 0 Å². The number of para-hydroxylation sites is 1. The van der Waals surface area contributed by atoms with Crippen LogP contribution in [0.15, 0.2) is 182 Å². The van der Waals surface area contributed by atoms with E-state index in [4.69, 9.17) is 0 Å². The molecule has 224 valence electrons. The monoisotopic (exact) mass is 609 g/mol. The summed E-state index contributed by atoms with van der Waals surface area (Å²) in [5.74, 6) is 0.0937. The Labute approximate surface area is 280 Å². The fourth-order valence-corrected chi connectivity index (χ4v) is 8.15. The number of hydrogen-bond acceptors (Lipinski definition) is 0. The molecule has 0 bridgehead atoms. The van der Waals surface area contributed by atoms with E-state index in [9.17, 15) is 0 Å². The van der Waals surface area contributed by atoms with E-state index in [1.54, 1.807) is 0 Å². The highest BCUT2D eigenvalue weighted by Crippen LogP contribution is 2.53. The van der Waals surface area contributed by atoms with Crippen LogP contribution in [0.4, 0.5) is 0 Å². The van der Waals surface area contributed by atoms with E-state index in [-0.39, 0.29) is 5.92 Å². The molecule has 1 unspecified atom stereocenters. The number of hydrogen-bond donors (Lipinski definition) is 0. The highest BCUT2D eigenvalue weighted by atomic mass is 15.0. The van der Waals surface area contributed by atoms with Gasteiger partial charge in [-0.2, -0.15) is 0 Å². The van der Waals surface area contributed by atoms with E-state index >= 15 is 0 Å². The Balaban J connectivity index is 1.23. The van der Waals surface area contributed by atoms with Crippen LogP contribution < -0.4 is 0 Å². The van der Waals surface area contributed by atoms with Gasteiger partial charge in [-0.15, -0.1) is 0 Å². The molecule has 0 radical (unpaired) electrons. The number of fused-ring (bicyclic) bond motifs is 8. The summed E-state index contributed by atoms with van der Waals surface area (Å²) < 4.78 is 2.51. The zero-order chi connectivity index (χ0) is 31.6. The molecule has 1 aromatic heterocycles. The van der Waals surface area contributed by atoms with Crippen molar-refractivity contribution in [3.8, 4) is 39.1 Å². The zero-order valence-corrected chi connectivity index (χ0v) is 26.3. The largest absolute Gasteiger partial charge is 0.309 e. The smallest absolute Gasteiger partial charge is 0.0588 e. The molecule has 1 atom stereocenters. The van der Waals surface area contributed by atoms with E-state index in [1.165, 1.54) is 88.3 Å². The van der Waals surface area contributed by atoms with Crippen LogP contribution in [0, 0.1) is 0 Å². The molecule has 1 nitrogen and oxygen atoms in total. The highest BCUT2D eigenvalue weighted by Gasteiger charge is 2.34. The molecule has 8 aromatic carbocycles. The SMILES string of the molecule is c1ccc(-c2ccccc2C2c3ccccc3-c3ccc4c5ccccc5n(-c5ccc(-c6ccc7ccccc7c6)cc5)c4c32)cc1. The van der Waals surface area contributed by atoms with Crippen molar-refractivity contribution in [2.45, 2.75) is 5.92 Å². The summed E-state index contributed by atoms with van der Waals surface area (Å²) in [6, 6.07) is 66.9. The van der Waals surface area contributed by atoms with Gasteiger partial charge >= 0.3 is 0 Å². The van der Waals surface area contributed by atoms with E-state index in [0.29, 0.717) is 0 Å². The van der Waals surface area contributed by atoms with E-state index in [1.807, 2.05) is 0 Å². The summed E-state index contributed by atoms with van der Waals surface area (Å²) >= 11 is 0. The highest BCUT2D eigenvalue weighted by molar-refractivity contribution is 6.13. The normalized spacial score (nSPS) is 13.6. The van der Waals surface area contributed by atoms with Crippen molar-refractivity contribution in [1.29, 1.82) is 0 Å². The number of benzene rings is 8. The Hall–Kier alpha value is -6.18. The van der Waals surface area contributed by atoms with Crippen molar-refractivity contribution in [2.24, 2.45) is 0 Å². The predicted octanol–water partition coefficient (Wildman–Crippen LogP) is 12.4. The van der Waals surface area contributed by atoms with Crippen molar-refractivity contribution in [3.63, 3.8) is 0 Å². The van der Waals surface area contributed by atoms with Gasteiger partial charge in [0.05, 0.1) is 11.0 Å². The van der Waals surface area contributed by atoms with Crippen LogP contribution in [0.5, 0.6) is 0 Å². The van der Waals surface area contributed by atoms with E-state index < -0.39 is 0 Å². The van der Waals surface area contributed by atoms with Crippen molar-refractivity contribution in [1.82, 2.24) is 4.57 Å². The minimum atomic E-state index is 0.0937. The topological polar surface area (TPSA) is 4.93 Å². The first-order valence-corrected chi connectivity index (χ1v) is 16.7. The van der Waals surface area contributed by atoms with Gasteiger partial charge < -0.3 is 4.57 Å². The lowest BCUT2D eigenvalue weighted by molar-refractivity contribution is 1.01. The third kappa shape index (κ3) is 4.04. The van der Waals surface area contributed by atoms with Crippen molar-refractivity contribution in [3.05, 3.63) is 199 Å². The van der Waals surface area contributed by atoms with Crippen molar-refractivity contribution >= 4 is 32.6 Å². The molecule has 0 N–H and O–H groups in total. The molecule has 0 aliphatic heterocycles. The Morgan fingerprint density at radius 3 is 1.85 bits per heavy atom. The average Bonchev–Trinajstić information content (AvgIpc) is 3.68. The maximum absolute atomic E-state index is 2.51. The molecule has 1 heteroatoms. The molecule has 48 heavy (non-hydrogen) atoms. The van der Waals surface area contributed by atoms with Gasteiger partial charge in [-0.1, -0.05) is 158 Å². The summed E-state index contributed by atoms with van der Waals surface area (Å²) in [6.07, 6.45) is 0. The zero-order valence-electron chi connectivity index (χ0n) is 26.3. The van der Waals surface area contributed by atoms with E-state index in [2.05, 4.69) is 187 Å². The second-order valence-corrected chi connectivity index (χ2v) is 12.9. The molecule has 1 heterocycles. The van der Waals surface area contributed by atoms with Gasteiger partial charge in [-0.05, 0) is 85.1 Å². The molecule has 1 aliphatic carbocycles. The second-order valence-electron chi connectivity index (χ2n) is 12.9. The average molecular weight is 610 g/mol. The fraction of sp³-hybridized carbons (Fsp3) is 0.0213. The van der Waals surface area contributed by atoms with Crippen LogP contribution >= 0.6 is 0 Å². The van der Waals surface area contributed by atoms with Gasteiger partial charge in [0.2, 0.25) is 0 Å². The lowest BCUT2D eigenvalue weighted by Crippen LogP contribution is -2.05. The van der Waals surface area contributed by atoms with Gasteiger partial charge in [-0.25, -0.2) is 0 Å². The molecule has 0 saturated carbocycles. The summed E-state index contributed by atoms with van der Waals surface area (Å²) in [5.41, 5.74) is 15.4. The maximum Gasteiger partial charge on any atom is 0.0588 e. The first-order valence-electron chi connectivity index (χ1n) is 16.7. The maximum atomic E-state index is 2.51. The Bertz CT molecular complexity index is 2660. The van der Waals surface area contributed by atoms with Crippen LogP contribution in [0.2, 0.25) is 0 Å². The summed E-state index contributed by atoms with van der Waals surface area (Å²) in [5, 5.41) is 5.10. The van der Waals surface area contributed by atoms with Crippen LogP contribution in [-0.2, 0) is 0 Å². The van der Waals surface area contributed by atoms with Crippen LogP contribution in [-0.4, -0.2) is 4.57 Å². The first-order chi connectivity index (χ1) is 23.8. The first kappa shape index (κ1) is 27.0. The molecule has 0 amide bonds. The minimum absolute atomic E-state index is 0.0937. The summed E-state index contributed by atoms with van der Waals surface area (Å²) in [7, 11) is 0. The van der Waals surface area contributed by atoms with Gasteiger partial charge in [0, 0.05) is 22.4 Å². The minimum Gasteiger partial charge on any atom is -0.309 e. The van der Waals surface area contributed by atoms with Gasteiger partial charge in [0.1, 0.15) is 0 Å². The predicted molar refractivity (Wildman–Crippen MR) is 202 cm³/mol. The molecular weight excluding hydrogens is 579 g/mol. The molecule has 9 aromatic rings. The van der Waals surface area contributed by atoms with Gasteiger partial charge in [0.25, 0.3) is 0 Å².